The summed E-state index contributed by atoms with van der Waals surface area (Å²) in [4.78, 5) is 30.7. The number of hydrogen-bond acceptors (Lipinski definition) is 6. The van der Waals surface area contributed by atoms with Crippen LogP contribution in [-0.2, 0) is 28.5 Å². The van der Waals surface area contributed by atoms with Crippen LogP contribution in [0.4, 0.5) is 0 Å². The van der Waals surface area contributed by atoms with Crippen molar-refractivity contribution in [2.75, 3.05) is 20.8 Å². The summed E-state index contributed by atoms with van der Waals surface area (Å²) in [7, 11) is 2.56. The molecule has 1 fully saturated rings. The molecule has 0 spiro atoms. The van der Waals surface area contributed by atoms with Gasteiger partial charge in [-0.25, -0.2) is 0 Å². The first-order valence-electron chi connectivity index (χ1n) is 7.01. The fourth-order valence-electron chi connectivity index (χ4n) is 2.81. The van der Waals surface area contributed by atoms with E-state index >= 15 is 0 Å². The zero-order valence-electron chi connectivity index (χ0n) is 13.9. The van der Waals surface area contributed by atoms with Crippen molar-refractivity contribution in [2.45, 2.75) is 44.5 Å². The van der Waals surface area contributed by atoms with Gasteiger partial charge < -0.3 is 0 Å². The summed E-state index contributed by atoms with van der Waals surface area (Å²) in [5.41, 5.74) is 0. The third kappa shape index (κ3) is 4.56. The Kier molecular flexibility index (Phi) is 6.08. The standard InChI is InChI=1S/C11H17O6.3CH3.Sn/c1-11(2)16-6-7(17-11)5-8(9(12)14-3)10(13)15-4;;;;/h5,7-8H,6H2,1-4H3;3*1H3;/t7-;;;;/m1..../s1. The summed E-state index contributed by atoms with van der Waals surface area (Å²) in [6, 6.07) is 0. The predicted molar refractivity (Wildman–Crippen MR) is 79.5 cm³/mol. The van der Waals surface area contributed by atoms with Crippen molar-refractivity contribution in [2.24, 2.45) is 5.92 Å². The molecule has 21 heavy (non-hydrogen) atoms. The van der Waals surface area contributed by atoms with Gasteiger partial charge in [-0.05, 0) is 0 Å². The molecule has 1 aliphatic rings. The third-order valence-electron chi connectivity index (χ3n) is 3.70. The SMILES string of the molecule is COC(=O)C(C(=O)OC)[C@@H]([C@@H]1COC(C)(C)O1)[Sn]([CH3])([CH3])[CH3]. The average Bonchev–Trinajstić information content (AvgIpc) is 2.72. The van der Waals surface area contributed by atoms with E-state index in [1.165, 1.54) is 14.2 Å². The van der Waals surface area contributed by atoms with Crippen molar-refractivity contribution in [1.29, 1.82) is 0 Å². The van der Waals surface area contributed by atoms with Gasteiger partial charge in [0.2, 0.25) is 0 Å². The van der Waals surface area contributed by atoms with E-state index in [0.29, 0.717) is 6.61 Å². The van der Waals surface area contributed by atoms with Crippen molar-refractivity contribution >= 4 is 30.3 Å². The van der Waals surface area contributed by atoms with Crippen LogP contribution < -0.4 is 0 Å². The summed E-state index contributed by atoms with van der Waals surface area (Å²) in [6.07, 6.45) is -0.293. The molecule has 2 atom stereocenters. The molecular formula is C14H26O6Sn. The molecule has 0 N–H and O–H groups in total. The number of esters is 2. The Labute approximate surface area is 130 Å². The number of methoxy groups -OCH3 is 2. The summed E-state index contributed by atoms with van der Waals surface area (Å²) in [6.45, 7) is 4.03. The van der Waals surface area contributed by atoms with Gasteiger partial charge in [-0.1, -0.05) is 0 Å². The van der Waals surface area contributed by atoms with E-state index in [-0.39, 0.29) is 10.0 Å². The van der Waals surface area contributed by atoms with Gasteiger partial charge in [0.25, 0.3) is 0 Å². The van der Waals surface area contributed by atoms with Crippen LogP contribution in [0.1, 0.15) is 13.8 Å². The Morgan fingerprint density at radius 2 is 1.62 bits per heavy atom. The van der Waals surface area contributed by atoms with Gasteiger partial charge in [-0.2, -0.15) is 0 Å². The second kappa shape index (κ2) is 6.83. The van der Waals surface area contributed by atoms with Crippen molar-refractivity contribution in [3.05, 3.63) is 0 Å². The fraction of sp³-hybridized carbons (Fsp3) is 0.857. The zero-order chi connectivity index (χ0) is 16.4. The van der Waals surface area contributed by atoms with Crippen LogP contribution in [0.2, 0.25) is 18.8 Å². The van der Waals surface area contributed by atoms with Gasteiger partial charge in [0, 0.05) is 0 Å². The first-order chi connectivity index (χ1) is 9.53. The van der Waals surface area contributed by atoms with Gasteiger partial charge in [0.15, 0.2) is 0 Å². The average molecular weight is 409 g/mol. The molecular weight excluding hydrogens is 383 g/mol. The van der Waals surface area contributed by atoms with Crippen LogP contribution in [0.3, 0.4) is 0 Å². The molecule has 0 unspecified atom stereocenters. The van der Waals surface area contributed by atoms with Crippen molar-refractivity contribution < 1.29 is 28.5 Å². The number of hydrogen-bond donors (Lipinski definition) is 0. The van der Waals surface area contributed by atoms with E-state index in [9.17, 15) is 9.59 Å². The van der Waals surface area contributed by atoms with E-state index in [0.717, 1.165) is 0 Å². The molecule has 0 aromatic carbocycles. The maximum absolute atomic E-state index is 12.1. The van der Waals surface area contributed by atoms with Gasteiger partial charge in [0.05, 0.1) is 0 Å². The Morgan fingerprint density at radius 1 is 1.14 bits per heavy atom. The van der Waals surface area contributed by atoms with E-state index in [2.05, 4.69) is 14.8 Å². The van der Waals surface area contributed by atoms with Gasteiger partial charge in [-0.3, -0.25) is 0 Å². The van der Waals surface area contributed by atoms with Crippen molar-refractivity contribution in [3.8, 4) is 0 Å². The van der Waals surface area contributed by atoms with Gasteiger partial charge in [-0.15, -0.1) is 0 Å². The first kappa shape index (κ1) is 18.7. The van der Waals surface area contributed by atoms with Gasteiger partial charge in [0.1, 0.15) is 0 Å². The number of rotatable bonds is 5. The van der Waals surface area contributed by atoms with Crippen LogP contribution in [0, 0.1) is 5.92 Å². The molecule has 6 nitrogen and oxygen atoms in total. The Balaban J connectivity index is 3.16. The fourth-order valence-corrected chi connectivity index (χ4v) is 10.1. The first-order valence-corrected chi connectivity index (χ1v) is 17.2. The summed E-state index contributed by atoms with van der Waals surface area (Å²) >= 11 is -2.75. The third-order valence-corrected chi connectivity index (χ3v) is 11.4. The zero-order valence-corrected chi connectivity index (χ0v) is 16.7. The summed E-state index contributed by atoms with van der Waals surface area (Å²) in [5.74, 6) is -2.77. The second-order valence-electron chi connectivity index (χ2n) is 6.78. The van der Waals surface area contributed by atoms with E-state index in [1.54, 1.807) is 0 Å². The minimum atomic E-state index is -2.75. The minimum absolute atomic E-state index is 0.207. The molecule has 0 saturated carbocycles. The maximum atomic E-state index is 12.1. The van der Waals surface area contributed by atoms with E-state index in [1.807, 2.05) is 13.8 Å². The molecule has 122 valence electrons. The number of carbonyl (C=O) groups is 2. The van der Waals surface area contributed by atoms with Crippen LogP contribution in [0.5, 0.6) is 0 Å². The molecule has 0 bridgehead atoms. The molecule has 7 heteroatoms. The van der Waals surface area contributed by atoms with E-state index < -0.39 is 42.0 Å². The van der Waals surface area contributed by atoms with E-state index in [4.69, 9.17) is 18.9 Å². The molecule has 0 aromatic heterocycles. The monoisotopic (exact) mass is 410 g/mol. The molecule has 0 radical (unpaired) electrons. The Morgan fingerprint density at radius 3 is 1.90 bits per heavy atom. The van der Waals surface area contributed by atoms with Crippen molar-refractivity contribution in [3.63, 3.8) is 0 Å². The topological polar surface area (TPSA) is 71.1 Å². The molecule has 1 saturated heterocycles. The summed E-state index contributed by atoms with van der Waals surface area (Å²) in [5, 5.41) is 0. The molecule has 1 heterocycles. The van der Waals surface area contributed by atoms with Crippen LogP contribution >= 0.6 is 0 Å². The molecule has 1 aliphatic heterocycles. The predicted octanol–water partition coefficient (Wildman–Crippen LogP) is 1.81. The Hall–Kier alpha value is -0.341. The van der Waals surface area contributed by atoms with Crippen molar-refractivity contribution in [1.82, 2.24) is 0 Å². The molecule has 0 aliphatic carbocycles. The van der Waals surface area contributed by atoms with Crippen LogP contribution in [0.15, 0.2) is 0 Å². The van der Waals surface area contributed by atoms with Crippen LogP contribution in [-0.4, -0.2) is 63.0 Å². The second-order valence-corrected chi connectivity index (χ2v) is 22.2. The molecule has 0 amide bonds. The van der Waals surface area contributed by atoms with Crippen LogP contribution in [0.25, 0.3) is 0 Å². The molecule has 0 aromatic rings. The quantitative estimate of drug-likeness (QED) is 0.392. The normalized spacial score (nSPS) is 23.0. The summed E-state index contributed by atoms with van der Waals surface area (Å²) < 4.78 is 21.0. The van der Waals surface area contributed by atoms with Gasteiger partial charge >= 0.3 is 130 Å². The Bertz CT molecular complexity index is 385. The number of carbonyl (C=O) groups excluding carboxylic acids is 2. The molecule has 1 rings (SSSR count). The number of ether oxygens (including phenoxy) is 4.